The van der Waals surface area contributed by atoms with Gasteiger partial charge in [-0.05, 0) is 35.9 Å². The number of rotatable bonds is 4. The van der Waals surface area contributed by atoms with Gasteiger partial charge in [0.15, 0.2) is 11.5 Å². The number of hydrogen-bond acceptors (Lipinski definition) is 5. The van der Waals surface area contributed by atoms with Gasteiger partial charge in [-0.15, -0.1) is 0 Å². The first-order valence-corrected chi connectivity index (χ1v) is 7.70. The molecule has 0 bridgehead atoms. The normalized spacial score (nSPS) is 13.3. The minimum Gasteiger partial charge on any atom is -0.508 e. The number of aromatic hydroxyl groups is 1. The largest absolute Gasteiger partial charge is 0.508 e. The van der Waals surface area contributed by atoms with Crippen LogP contribution in [0.2, 0.25) is 0 Å². The molecule has 7 heteroatoms. The van der Waals surface area contributed by atoms with Crippen LogP contribution < -0.4 is 14.2 Å². The molecule has 0 atom stereocenters. The van der Waals surface area contributed by atoms with Crippen molar-refractivity contribution in [2.45, 2.75) is 11.4 Å². The first kappa shape index (κ1) is 13.7. The minimum atomic E-state index is -3.68. The lowest BCUT2D eigenvalue weighted by Crippen LogP contribution is -2.23. The molecule has 0 aromatic heterocycles. The fourth-order valence-corrected chi connectivity index (χ4v) is 3.02. The van der Waals surface area contributed by atoms with Crippen molar-refractivity contribution in [3.05, 3.63) is 48.0 Å². The Bertz CT molecular complexity index is 773. The molecular formula is C14H13NO5S. The highest BCUT2D eigenvalue weighted by molar-refractivity contribution is 7.89. The predicted molar refractivity (Wildman–Crippen MR) is 74.7 cm³/mol. The van der Waals surface area contributed by atoms with E-state index in [2.05, 4.69) is 4.72 Å². The van der Waals surface area contributed by atoms with E-state index in [1.165, 1.54) is 24.3 Å². The Morgan fingerprint density at radius 3 is 2.71 bits per heavy atom. The number of phenolic OH excluding ortho intramolecular Hbond substituents is 1. The third-order valence-corrected chi connectivity index (χ3v) is 4.43. The zero-order valence-electron chi connectivity index (χ0n) is 10.9. The van der Waals surface area contributed by atoms with Crippen molar-refractivity contribution in [1.29, 1.82) is 0 Å². The highest BCUT2D eigenvalue weighted by Crippen LogP contribution is 2.32. The lowest BCUT2D eigenvalue weighted by Gasteiger charge is -2.07. The maximum absolute atomic E-state index is 12.1. The van der Waals surface area contributed by atoms with Crippen molar-refractivity contribution in [3.63, 3.8) is 0 Å². The van der Waals surface area contributed by atoms with Crippen LogP contribution in [0.3, 0.4) is 0 Å². The molecule has 1 aliphatic rings. The molecule has 0 radical (unpaired) electrons. The average Bonchev–Trinajstić information content (AvgIpc) is 2.93. The summed E-state index contributed by atoms with van der Waals surface area (Å²) in [7, 11) is -3.68. The molecule has 1 heterocycles. The van der Waals surface area contributed by atoms with Crippen LogP contribution >= 0.6 is 0 Å². The summed E-state index contributed by atoms with van der Waals surface area (Å²) in [6, 6.07) is 10.7. The summed E-state index contributed by atoms with van der Waals surface area (Å²) >= 11 is 0. The van der Waals surface area contributed by atoms with Gasteiger partial charge in [0.05, 0.1) is 4.90 Å². The van der Waals surface area contributed by atoms with Crippen LogP contribution in [0.15, 0.2) is 47.4 Å². The van der Waals surface area contributed by atoms with Crippen LogP contribution in [0, 0.1) is 0 Å². The van der Waals surface area contributed by atoms with Gasteiger partial charge in [0.25, 0.3) is 0 Å². The third-order valence-electron chi connectivity index (χ3n) is 3.03. The second-order valence-corrected chi connectivity index (χ2v) is 6.28. The van der Waals surface area contributed by atoms with E-state index >= 15 is 0 Å². The molecule has 1 aliphatic heterocycles. The predicted octanol–water partition coefficient (Wildman–Crippen LogP) is 1.60. The van der Waals surface area contributed by atoms with E-state index in [4.69, 9.17) is 9.47 Å². The summed E-state index contributed by atoms with van der Waals surface area (Å²) in [5.41, 5.74) is 0.753. The summed E-state index contributed by atoms with van der Waals surface area (Å²) in [4.78, 5) is 0.0169. The highest BCUT2D eigenvalue weighted by atomic mass is 32.2. The molecule has 0 fully saturated rings. The standard InChI is InChI=1S/C14H13NO5S/c16-11-2-1-3-12(7-11)21(17,18)15-8-10-4-5-13-14(6-10)20-9-19-13/h1-7,15-16H,8-9H2. The molecule has 0 saturated heterocycles. The maximum Gasteiger partial charge on any atom is 0.241 e. The van der Waals surface area contributed by atoms with Crippen LogP contribution in [-0.4, -0.2) is 20.3 Å². The Morgan fingerprint density at radius 2 is 1.90 bits per heavy atom. The Balaban J connectivity index is 1.75. The summed E-state index contributed by atoms with van der Waals surface area (Å²) in [6.45, 7) is 0.294. The number of phenols is 1. The van der Waals surface area contributed by atoms with E-state index in [0.29, 0.717) is 11.5 Å². The number of fused-ring (bicyclic) bond motifs is 1. The second kappa shape index (κ2) is 5.27. The first-order valence-electron chi connectivity index (χ1n) is 6.22. The fraction of sp³-hybridized carbons (Fsp3) is 0.143. The molecule has 21 heavy (non-hydrogen) atoms. The Hall–Kier alpha value is -2.25. The van der Waals surface area contributed by atoms with Crippen molar-refractivity contribution in [1.82, 2.24) is 4.72 Å². The van der Waals surface area contributed by atoms with Gasteiger partial charge in [0, 0.05) is 6.54 Å². The van der Waals surface area contributed by atoms with E-state index in [0.717, 1.165) is 5.56 Å². The zero-order chi connectivity index (χ0) is 14.9. The molecule has 2 aromatic carbocycles. The monoisotopic (exact) mass is 307 g/mol. The average molecular weight is 307 g/mol. The number of hydrogen-bond donors (Lipinski definition) is 2. The SMILES string of the molecule is O=S(=O)(NCc1ccc2c(c1)OCO2)c1cccc(O)c1. The van der Waals surface area contributed by atoms with E-state index in [-0.39, 0.29) is 24.0 Å². The smallest absolute Gasteiger partial charge is 0.241 e. The van der Waals surface area contributed by atoms with Crippen LogP contribution in [0.5, 0.6) is 17.2 Å². The van der Waals surface area contributed by atoms with Crippen molar-refractivity contribution in [3.8, 4) is 17.2 Å². The number of sulfonamides is 1. The Kier molecular flexibility index (Phi) is 3.44. The van der Waals surface area contributed by atoms with Crippen molar-refractivity contribution in [2.24, 2.45) is 0 Å². The van der Waals surface area contributed by atoms with Gasteiger partial charge in [-0.25, -0.2) is 13.1 Å². The quantitative estimate of drug-likeness (QED) is 0.896. The first-order chi connectivity index (χ1) is 10.0. The molecule has 0 spiro atoms. The van der Waals surface area contributed by atoms with E-state index in [9.17, 15) is 13.5 Å². The lowest BCUT2D eigenvalue weighted by molar-refractivity contribution is 0.174. The van der Waals surface area contributed by atoms with Gasteiger partial charge in [-0.3, -0.25) is 0 Å². The van der Waals surface area contributed by atoms with Crippen molar-refractivity contribution < 1.29 is 23.0 Å². The summed E-state index contributed by atoms with van der Waals surface area (Å²) in [5, 5.41) is 9.34. The topological polar surface area (TPSA) is 84.9 Å². The number of nitrogens with one attached hydrogen (secondary N) is 1. The maximum atomic E-state index is 12.1. The molecule has 0 aliphatic carbocycles. The Morgan fingerprint density at radius 1 is 1.10 bits per heavy atom. The van der Waals surface area contributed by atoms with Crippen LogP contribution in [0.4, 0.5) is 0 Å². The van der Waals surface area contributed by atoms with Gasteiger partial charge in [-0.1, -0.05) is 12.1 Å². The Labute approximate surface area is 122 Å². The molecule has 110 valence electrons. The number of ether oxygens (including phenoxy) is 2. The lowest BCUT2D eigenvalue weighted by atomic mass is 10.2. The fourth-order valence-electron chi connectivity index (χ4n) is 1.96. The van der Waals surface area contributed by atoms with Crippen LogP contribution in [0.1, 0.15) is 5.56 Å². The molecule has 0 amide bonds. The van der Waals surface area contributed by atoms with E-state index in [1.807, 2.05) is 0 Å². The molecule has 3 rings (SSSR count). The van der Waals surface area contributed by atoms with Crippen LogP contribution in [-0.2, 0) is 16.6 Å². The molecule has 0 unspecified atom stereocenters. The molecule has 2 aromatic rings. The van der Waals surface area contributed by atoms with Crippen molar-refractivity contribution >= 4 is 10.0 Å². The van der Waals surface area contributed by atoms with Gasteiger partial charge < -0.3 is 14.6 Å². The molecule has 2 N–H and O–H groups in total. The highest BCUT2D eigenvalue weighted by Gasteiger charge is 2.16. The third kappa shape index (κ3) is 2.93. The zero-order valence-corrected chi connectivity index (χ0v) is 11.8. The van der Waals surface area contributed by atoms with E-state index < -0.39 is 10.0 Å². The number of benzene rings is 2. The van der Waals surface area contributed by atoms with Gasteiger partial charge >= 0.3 is 0 Å². The molecule has 0 saturated carbocycles. The summed E-state index contributed by atoms with van der Waals surface area (Å²) in [6.07, 6.45) is 0. The van der Waals surface area contributed by atoms with Crippen molar-refractivity contribution in [2.75, 3.05) is 6.79 Å². The van der Waals surface area contributed by atoms with Gasteiger partial charge in [-0.2, -0.15) is 0 Å². The summed E-state index contributed by atoms with van der Waals surface area (Å²) in [5.74, 6) is 1.15. The van der Waals surface area contributed by atoms with Crippen LogP contribution in [0.25, 0.3) is 0 Å². The van der Waals surface area contributed by atoms with Gasteiger partial charge in [0.2, 0.25) is 16.8 Å². The second-order valence-electron chi connectivity index (χ2n) is 4.51. The van der Waals surface area contributed by atoms with E-state index in [1.54, 1.807) is 18.2 Å². The minimum absolute atomic E-state index is 0.0169. The molecular weight excluding hydrogens is 294 g/mol. The van der Waals surface area contributed by atoms with Gasteiger partial charge in [0.1, 0.15) is 5.75 Å². The molecule has 6 nitrogen and oxygen atoms in total. The summed E-state index contributed by atoms with van der Waals surface area (Å²) < 4.78 is 37.1.